The van der Waals surface area contributed by atoms with Crippen LogP contribution in [-0.2, 0) is 0 Å². The maximum Gasteiger partial charge on any atom is 0.0195 e. The van der Waals surface area contributed by atoms with Crippen LogP contribution in [-0.4, -0.2) is 36.6 Å². The zero-order valence-corrected chi connectivity index (χ0v) is 10.5. The van der Waals surface area contributed by atoms with Crippen LogP contribution in [0.1, 0.15) is 51.4 Å². The minimum Gasteiger partial charge on any atom is -0.313 e. The van der Waals surface area contributed by atoms with Crippen molar-refractivity contribution in [1.82, 2.24) is 10.2 Å². The number of hydrogen-bond acceptors (Lipinski definition) is 2. The van der Waals surface area contributed by atoms with Crippen LogP contribution in [0.15, 0.2) is 0 Å². The zero-order valence-electron chi connectivity index (χ0n) is 10.5. The van der Waals surface area contributed by atoms with Crippen LogP contribution in [0.5, 0.6) is 0 Å². The highest BCUT2D eigenvalue weighted by Gasteiger charge is 2.34. The van der Waals surface area contributed by atoms with E-state index in [9.17, 15) is 0 Å². The molecule has 0 aromatic rings. The van der Waals surface area contributed by atoms with E-state index in [1.807, 2.05) is 0 Å². The van der Waals surface area contributed by atoms with Gasteiger partial charge in [-0.15, -0.1) is 0 Å². The standard InChI is InChI=1S/C14H26N2/c1-2-6-12(5-1)14-8-4-10-16(14)11-13-7-3-9-15-13/h12-15H,1-11H2/t13-,14?/m0/s1. The van der Waals surface area contributed by atoms with Crippen LogP contribution in [0.3, 0.4) is 0 Å². The van der Waals surface area contributed by atoms with Gasteiger partial charge in [0.15, 0.2) is 0 Å². The maximum atomic E-state index is 3.65. The van der Waals surface area contributed by atoms with Gasteiger partial charge in [-0.1, -0.05) is 12.8 Å². The van der Waals surface area contributed by atoms with Crippen LogP contribution in [0, 0.1) is 5.92 Å². The monoisotopic (exact) mass is 222 g/mol. The largest absolute Gasteiger partial charge is 0.313 e. The summed E-state index contributed by atoms with van der Waals surface area (Å²) in [5.41, 5.74) is 0. The molecule has 0 aromatic carbocycles. The Labute approximate surface area is 99.8 Å². The average Bonchev–Trinajstić information content (AvgIpc) is 2.98. The van der Waals surface area contributed by atoms with Crippen molar-refractivity contribution in [2.75, 3.05) is 19.6 Å². The van der Waals surface area contributed by atoms with E-state index in [1.165, 1.54) is 71.0 Å². The molecule has 0 amide bonds. The first kappa shape index (κ1) is 11.0. The van der Waals surface area contributed by atoms with E-state index >= 15 is 0 Å². The van der Waals surface area contributed by atoms with Crippen molar-refractivity contribution < 1.29 is 0 Å². The molecule has 3 aliphatic rings. The van der Waals surface area contributed by atoms with Crippen molar-refractivity contribution in [1.29, 1.82) is 0 Å². The van der Waals surface area contributed by atoms with Crippen LogP contribution in [0.25, 0.3) is 0 Å². The third kappa shape index (κ3) is 2.28. The van der Waals surface area contributed by atoms with Crippen molar-refractivity contribution in [3.8, 4) is 0 Å². The van der Waals surface area contributed by atoms with Gasteiger partial charge in [-0.2, -0.15) is 0 Å². The number of rotatable bonds is 3. The molecule has 0 spiro atoms. The minimum absolute atomic E-state index is 0.807. The number of nitrogens with one attached hydrogen (secondary N) is 1. The van der Waals surface area contributed by atoms with Gasteiger partial charge in [-0.3, -0.25) is 4.90 Å². The van der Waals surface area contributed by atoms with Gasteiger partial charge in [0.1, 0.15) is 0 Å². The van der Waals surface area contributed by atoms with Gasteiger partial charge >= 0.3 is 0 Å². The van der Waals surface area contributed by atoms with Crippen molar-refractivity contribution in [3.05, 3.63) is 0 Å². The molecule has 1 aliphatic carbocycles. The highest BCUT2D eigenvalue weighted by molar-refractivity contribution is 4.90. The summed E-state index contributed by atoms with van der Waals surface area (Å²) < 4.78 is 0. The van der Waals surface area contributed by atoms with E-state index in [1.54, 1.807) is 0 Å². The van der Waals surface area contributed by atoms with Gasteiger partial charge in [0.25, 0.3) is 0 Å². The van der Waals surface area contributed by atoms with Crippen molar-refractivity contribution in [2.45, 2.75) is 63.5 Å². The first-order chi connectivity index (χ1) is 7.93. The van der Waals surface area contributed by atoms with Crippen LogP contribution >= 0.6 is 0 Å². The molecule has 0 aromatic heterocycles. The Kier molecular flexibility index (Phi) is 3.49. The molecular formula is C14H26N2. The SMILES string of the molecule is C1CCC(C2CCCN2C[C@@H]2CCCN2)C1. The molecule has 2 heteroatoms. The maximum absolute atomic E-state index is 3.65. The van der Waals surface area contributed by atoms with Gasteiger partial charge in [0.05, 0.1) is 0 Å². The van der Waals surface area contributed by atoms with Crippen molar-refractivity contribution in [2.24, 2.45) is 5.92 Å². The fourth-order valence-electron chi connectivity index (χ4n) is 4.15. The normalized spacial score (nSPS) is 37.5. The molecule has 0 bridgehead atoms. The smallest absolute Gasteiger partial charge is 0.0195 e. The fraction of sp³-hybridized carbons (Fsp3) is 1.00. The first-order valence-corrected chi connectivity index (χ1v) is 7.41. The fourth-order valence-corrected chi connectivity index (χ4v) is 4.15. The number of hydrogen-bond donors (Lipinski definition) is 1. The Morgan fingerprint density at radius 2 is 1.81 bits per heavy atom. The molecule has 3 rings (SSSR count). The molecular weight excluding hydrogens is 196 g/mol. The summed E-state index contributed by atoms with van der Waals surface area (Å²) in [6.45, 7) is 3.97. The Hall–Kier alpha value is -0.0800. The lowest BCUT2D eigenvalue weighted by atomic mass is 9.96. The second-order valence-corrected chi connectivity index (χ2v) is 6.04. The predicted octanol–water partition coefficient (Wildman–Crippen LogP) is 2.39. The lowest BCUT2D eigenvalue weighted by Crippen LogP contribution is -2.42. The lowest BCUT2D eigenvalue weighted by Gasteiger charge is -2.31. The molecule has 16 heavy (non-hydrogen) atoms. The molecule has 1 N–H and O–H groups in total. The lowest BCUT2D eigenvalue weighted by molar-refractivity contribution is 0.176. The molecule has 2 aliphatic heterocycles. The highest BCUT2D eigenvalue weighted by Crippen LogP contribution is 2.35. The van der Waals surface area contributed by atoms with Gasteiger partial charge in [-0.25, -0.2) is 0 Å². The second kappa shape index (κ2) is 5.05. The summed E-state index contributed by atoms with van der Waals surface area (Å²) in [6, 6.07) is 1.76. The first-order valence-electron chi connectivity index (χ1n) is 7.41. The molecule has 2 atom stereocenters. The second-order valence-electron chi connectivity index (χ2n) is 6.04. The summed E-state index contributed by atoms with van der Waals surface area (Å²) in [4.78, 5) is 2.82. The Bertz CT molecular complexity index is 217. The minimum atomic E-state index is 0.807. The molecule has 1 saturated carbocycles. The third-order valence-corrected chi connectivity index (χ3v) is 4.98. The summed E-state index contributed by atoms with van der Waals surface area (Å²) in [6.07, 6.45) is 11.8. The van der Waals surface area contributed by atoms with Crippen LogP contribution < -0.4 is 5.32 Å². The molecule has 92 valence electrons. The van der Waals surface area contributed by atoms with Gasteiger partial charge < -0.3 is 5.32 Å². The van der Waals surface area contributed by atoms with E-state index in [-0.39, 0.29) is 0 Å². The van der Waals surface area contributed by atoms with Gasteiger partial charge in [0.2, 0.25) is 0 Å². The Balaban J connectivity index is 1.55. The molecule has 2 nitrogen and oxygen atoms in total. The van der Waals surface area contributed by atoms with E-state index in [0.29, 0.717) is 0 Å². The Morgan fingerprint density at radius 3 is 2.56 bits per heavy atom. The molecule has 1 unspecified atom stereocenters. The predicted molar refractivity (Wildman–Crippen MR) is 67.6 cm³/mol. The third-order valence-electron chi connectivity index (χ3n) is 4.98. The summed E-state index contributed by atoms with van der Waals surface area (Å²) >= 11 is 0. The molecule has 2 heterocycles. The van der Waals surface area contributed by atoms with Gasteiger partial charge in [-0.05, 0) is 57.5 Å². The Morgan fingerprint density at radius 1 is 0.938 bits per heavy atom. The zero-order chi connectivity index (χ0) is 10.8. The number of likely N-dealkylation sites (tertiary alicyclic amines) is 1. The topological polar surface area (TPSA) is 15.3 Å². The van der Waals surface area contributed by atoms with Crippen LogP contribution in [0.2, 0.25) is 0 Å². The van der Waals surface area contributed by atoms with Gasteiger partial charge in [0, 0.05) is 18.6 Å². The highest BCUT2D eigenvalue weighted by atomic mass is 15.2. The summed E-state index contributed by atoms with van der Waals surface area (Å²) in [5.74, 6) is 1.05. The van der Waals surface area contributed by atoms with E-state index < -0.39 is 0 Å². The van der Waals surface area contributed by atoms with E-state index in [4.69, 9.17) is 0 Å². The summed E-state index contributed by atoms with van der Waals surface area (Å²) in [5, 5.41) is 3.65. The van der Waals surface area contributed by atoms with E-state index in [0.717, 1.165) is 18.0 Å². The van der Waals surface area contributed by atoms with E-state index in [2.05, 4.69) is 10.2 Å². The number of nitrogens with zero attached hydrogens (tertiary/aromatic N) is 1. The van der Waals surface area contributed by atoms with Crippen molar-refractivity contribution in [3.63, 3.8) is 0 Å². The molecule has 2 saturated heterocycles. The quantitative estimate of drug-likeness (QED) is 0.789. The average molecular weight is 222 g/mol. The van der Waals surface area contributed by atoms with Crippen molar-refractivity contribution >= 4 is 0 Å². The summed E-state index contributed by atoms with van der Waals surface area (Å²) in [7, 11) is 0. The van der Waals surface area contributed by atoms with Crippen LogP contribution in [0.4, 0.5) is 0 Å². The molecule has 3 fully saturated rings. The molecule has 0 radical (unpaired) electrons.